The molecule has 8 nitrogen and oxygen atoms in total. The van der Waals surface area contributed by atoms with Gasteiger partial charge in [0.2, 0.25) is 5.75 Å². The van der Waals surface area contributed by atoms with Crippen molar-refractivity contribution in [1.29, 1.82) is 0 Å². The summed E-state index contributed by atoms with van der Waals surface area (Å²) in [4.78, 5) is 25.7. The molecule has 37 heavy (non-hydrogen) atoms. The summed E-state index contributed by atoms with van der Waals surface area (Å²) in [7, 11) is 1.76. The number of amides is 1. The smallest absolute Gasteiger partial charge is 0.357 e. The van der Waals surface area contributed by atoms with Crippen molar-refractivity contribution >= 4 is 57.2 Å². The van der Waals surface area contributed by atoms with Crippen LogP contribution in [0, 0.1) is 6.92 Å². The summed E-state index contributed by atoms with van der Waals surface area (Å²) in [6, 6.07) is 9.39. The number of nitrogens with one attached hydrogen (secondary N) is 1. The van der Waals surface area contributed by atoms with Gasteiger partial charge in [0.15, 0.2) is 4.90 Å². The topological polar surface area (TPSA) is 113 Å². The van der Waals surface area contributed by atoms with Crippen molar-refractivity contribution < 1.29 is 28.7 Å². The number of esters is 1. The first-order valence-electron chi connectivity index (χ1n) is 11.8. The van der Waals surface area contributed by atoms with Crippen LogP contribution >= 0.6 is 23.2 Å². The predicted molar refractivity (Wildman–Crippen MR) is 143 cm³/mol. The first-order valence-corrected chi connectivity index (χ1v) is 13.9. The average Bonchev–Trinajstić information content (AvgIpc) is 3.22. The molecule has 11 heteroatoms. The highest BCUT2D eigenvalue weighted by atomic mass is 35.5. The minimum Gasteiger partial charge on any atom is -0.611 e. The molecule has 2 N–H and O–H groups in total. The molecule has 1 aliphatic heterocycles. The second kappa shape index (κ2) is 12.1. The summed E-state index contributed by atoms with van der Waals surface area (Å²) in [5, 5.41) is 14.3. The maximum absolute atomic E-state index is 13.1. The third-order valence-corrected chi connectivity index (χ3v) is 8.66. The van der Waals surface area contributed by atoms with Gasteiger partial charge in [-0.15, -0.1) is 0 Å². The molecule has 0 unspecified atom stereocenters. The molecule has 1 amide bonds. The molecule has 2 aromatic carbocycles. The monoisotopic (exact) mass is 566 g/mol. The number of benzene rings is 2. The summed E-state index contributed by atoms with van der Waals surface area (Å²) < 4.78 is 25.0. The van der Waals surface area contributed by atoms with Gasteiger partial charge in [-0.05, 0) is 53.5 Å². The third kappa shape index (κ3) is 6.25. The normalized spacial score (nSPS) is 15.9. The van der Waals surface area contributed by atoms with Crippen molar-refractivity contribution in [2.45, 2.75) is 36.8 Å². The SMILES string of the molecule is Cc1cc2c(cc(C(=O)N[C@H](CO)c3ccc([S@+]([O-])CC(=O)OC4CCOCC4)cc3)n2C)c(Cl)c1Cl. The van der Waals surface area contributed by atoms with E-state index in [1.165, 1.54) is 0 Å². The molecule has 2 heterocycles. The number of nitrogens with zero attached hydrogens (tertiary/aromatic N) is 1. The fourth-order valence-corrected chi connectivity index (χ4v) is 5.61. The lowest BCUT2D eigenvalue weighted by molar-refractivity contribution is -0.149. The maximum atomic E-state index is 13.1. The Morgan fingerprint density at radius 2 is 1.89 bits per heavy atom. The Morgan fingerprint density at radius 1 is 1.22 bits per heavy atom. The molecule has 0 radical (unpaired) electrons. The Kier molecular flexibility index (Phi) is 9.05. The number of carbonyl (C=O) groups excluding carboxylic acids is 2. The zero-order chi connectivity index (χ0) is 26.7. The first kappa shape index (κ1) is 27.8. The number of rotatable bonds is 8. The van der Waals surface area contributed by atoms with Crippen molar-refractivity contribution in [2.24, 2.45) is 7.05 Å². The van der Waals surface area contributed by atoms with Crippen LogP contribution in [0.2, 0.25) is 10.0 Å². The summed E-state index contributed by atoms with van der Waals surface area (Å²) >= 11 is 11.1. The molecule has 1 aromatic heterocycles. The number of aliphatic hydroxyl groups is 1. The van der Waals surface area contributed by atoms with E-state index in [-0.39, 0.29) is 18.5 Å². The second-order valence-corrected chi connectivity index (χ2v) is 11.1. The van der Waals surface area contributed by atoms with E-state index >= 15 is 0 Å². The van der Waals surface area contributed by atoms with Gasteiger partial charge in [-0.2, -0.15) is 0 Å². The van der Waals surface area contributed by atoms with E-state index in [1.54, 1.807) is 41.9 Å². The molecule has 1 fully saturated rings. The van der Waals surface area contributed by atoms with Crippen LogP contribution in [-0.2, 0) is 32.5 Å². The van der Waals surface area contributed by atoms with Gasteiger partial charge in [0.1, 0.15) is 11.8 Å². The number of aromatic nitrogens is 1. The highest BCUT2D eigenvalue weighted by Gasteiger charge is 2.24. The van der Waals surface area contributed by atoms with Crippen LogP contribution in [0.3, 0.4) is 0 Å². The number of carbonyl (C=O) groups is 2. The van der Waals surface area contributed by atoms with Gasteiger partial charge in [0.25, 0.3) is 5.91 Å². The van der Waals surface area contributed by atoms with Crippen LogP contribution in [0.25, 0.3) is 10.9 Å². The van der Waals surface area contributed by atoms with Crippen molar-refractivity contribution in [3.63, 3.8) is 0 Å². The second-order valence-electron chi connectivity index (χ2n) is 8.91. The number of hydrogen-bond acceptors (Lipinski definition) is 6. The van der Waals surface area contributed by atoms with Gasteiger partial charge in [-0.3, -0.25) is 4.79 Å². The first-order chi connectivity index (χ1) is 17.7. The Morgan fingerprint density at radius 3 is 2.54 bits per heavy atom. The number of aliphatic hydroxyl groups excluding tert-OH is 1. The van der Waals surface area contributed by atoms with Gasteiger partial charge in [-0.25, -0.2) is 4.79 Å². The van der Waals surface area contributed by atoms with Crippen molar-refractivity contribution in [3.8, 4) is 0 Å². The molecular weight excluding hydrogens is 539 g/mol. The van der Waals surface area contributed by atoms with Gasteiger partial charge < -0.3 is 29.0 Å². The largest absolute Gasteiger partial charge is 0.611 e. The van der Waals surface area contributed by atoms with E-state index in [2.05, 4.69) is 5.32 Å². The minimum absolute atomic E-state index is 0.201. The van der Waals surface area contributed by atoms with Crippen LogP contribution in [0.4, 0.5) is 0 Å². The molecule has 2 atom stereocenters. The van der Waals surface area contributed by atoms with E-state index in [0.717, 1.165) is 11.1 Å². The molecule has 198 valence electrons. The van der Waals surface area contributed by atoms with Crippen LogP contribution in [0.1, 0.15) is 40.5 Å². The summed E-state index contributed by atoms with van der Waals surface area (Å²) in [5.41, 5.74) is 2.55. The molecular formula is C26H28Cl2N2O6S. The van der Waals surface area contributed by atoms with Crippen molar-refractivity contribution in [1.82, 2.24) is 9.88 Å². The zero-order valence-electron chi connectivity index (χ0n) is 20.5. The van der Waals surface area contributed by atoms with Crippen molar-refractivity contribution in [2.75, 3.05) is 25.6 Å². The lowest BCUT2D eigenvalue weighted by Gasteiger charge is -2.22. The van der Waals surface area contributed by atoms with E-state index in [4.69, 9.17) is 32.7 Å². The molecule has 0 aliphatic carbocycles. The fraction of sp³-hybridized carbons (Fsp3) is 0.385. The number of fused-ring (bicyclic) bond motifs is 1. The highest BCUT2D eigenvalue weighted by Crippen LogP contribution is 2.35. The van der Waals surface area contributed by atoms with Crippen LogP contribution < -0.4 is 5.32 Å². The van der Waals surface area contributed by atoms with Crippen LogP contribution in [0.15, 0.2) is 41.3 Å². The van der Waals surface area contributed by atoms with Gasteiger partial charge in [0.05, 0.1) is 41.4 Å². The number of ether oxygens (including phenoxy) is 2. The third-order valence-electron chi connectivity index (χ3n) is 6.39. The van der Waals surface area contributed by atoms with Crippen LogP contribution in [0.5, 0.6) is 0 Å². The Bertz CT molecular complexity index is 1290. The lowest BCUT2D eigenvalue weighted by atomic mass is 10.1. The summed E-state index contributed by atoms with van der Waals surface area (Å²) in [6.45, 7) is 2.59. The molecule has 1 saturated heterocycles. The molecule has 1 aliphatic rings. The van der Waals surface area contributed by atoms with E-state index in [0.29, 0.717) is 57.6 Å². The minimum atomic E-state index is -1.58. The average molecular weight is 567 g/mol. The Hall–Kier alpha value is -2.27. The predicted octanol–water partition coefficient (Wildman–Crippen LogP) is 4.09. The number of aryl methyl sites for hydroxylation is 2. The van der Waals surface area contributed by atoms with Gasteiger partial charge in [-0.1, -0.05) is 35.3 Å². The van der Waals surface area contributed by atoms with Crippen LogP contribution in [-0.4, -0.2) is 57.8 Å². The summed E-state index contributed by atoms with van der Waals surface area (Å²) in [6.07, 6.45) is 1.08. The standard InChI is InChI=1S/C26H28Cl2N2O6S/c1-15-11-21-19(25(28)24(15)27)12-22(30(21)2)26(33)29-20(13-31)16-3-5-18(6-4-16)37(34)14-23(32)36-17-7-9-35-10-8-17/h3-6,11-12,17,20,31H,7-10,13-14H2,1-2H3,(H,29,33)/t20-,37-/m1/s1. The van der Waals surface area contributed by atoms with Gasteiger partial charge in [0, 0.05) is 25.3 Å². The van der Waals surface area contributed by atoms with E-state index in [1.807, 2.05) is 13.0 Å². The fourth-order valence-electron chi connectivity index (χ4n) is 4.27. The van der Waals surface area contributed by atoms with E-state index in [9.17, 15) is 19.2 Å². The summed E-state index contributed by atoms with van der Waals surface area (Å²) in [5.74, 6) is -1.16. The molecule has 3 aromatic rings. The quantitative estimate of drug-likeness (QED) is 0.313. The zero-order valence-corrected chi connectivity index (χ0v) is 22.8. The maximum Gasteiger partial charge on any atom is 0.357 e. The highest BCUT2D eigenvalue weighted by molar-refractivity contribution is 7.92. The molecule has 0 saturated carbocycles. The Labute approximate surface area is 228 Å². The number of halogens is 2. The molecule has 0 bridgehead atoms. The number of hydrogen-bond donors (Lipinski definition) is 2. The van der Waals surface area contributed by atoms with E-state index < -0.39 is 29.1 Å². The van der Waals surface area contributed by atoms with Gasteiger partial charge >= 0.3 is 5.97 Å². The lowest BCUT2D eigenvalue weighted by Crippen LogP contribution is -2.32. The Balaban J connectivity index is 1.42. The molecule has 4 rings (SSSR count). The van der Waals surface area contributed by atoms with Crippen molar-refractivity contribution in [3.05, 3.63) is 63.3 Å². The molecule has 0 spiro atoms.